The molecule has 17 heavy (non-hydrogen) atoms. The average molecular weight is 316 g/mol. The minimum absolute atomic E-state index is 0.0103. The molecule has 0 radical (unpaired) electrons. The van der Waals surface area contributed by atoms with Crippen LogP contribution in [0.2, 0.25) is 0 Å². The van der Waals surface area contributed by atoms with Gasteiger partial charge in [-0.3, -0.25) is 4.98 Å². The number of fused-ring (bicyclic) bond motifs is 1. The van der Waals surface area contributed by atoms with Crippen LogP contribution in [0.4, 0.5) is 0 Å². The summed E-state index contributed by atoms with van der Waals surface area (Å²) in [4.78, 5) is 4.29. The summed E-state index contributed by atoms with van der Waals surface area (Å²) in [6, 6.07) is 3.88. The second kappa shape index (κ2) is 4.53. The number of halogens is 1. The highest BCUT2D eigenvalue weighted by atomic mass is 79.9. The molecule has 0 saturated heterocycles. The van der Waals surface area contributed by atoms with Gasteiger partial charge in [0.15, 0.2) is 9.84 Å². The molecule has 2 unspecified atom stereocenters. The van der Waals surface area contributed by atoms with E-state index in [4.69, 9.17) is 0 Å². The molecule has 1 aliphatic carbocycles. The number of pyridine rings is 1. The Morgan fingerprint density at radius 2 is 2.24 bits per heavy atom. The molecule has 0 amide bonds. The van der Waals surface area contributed by atoms with Crippen molar-refractivity contribution in [3.05, 3.63) is 35.7 Å². The molecule has 2 atom stereocenters. The van der Waals surface area contributed by atoms with E-state index in [1.54, 1.807) is 13.1 Å². The Balaban J connectivity index is 2.37. The van der Waals surface area contributed by atoms with Crippen molar-refractivity contribution in [2.24, 2.45) is 5.92 Å². The molecule has 1 aromatic heterocycles. The topological polar surface area (TPSA) is 47.0 Å². The first-order valence-corrected chi connectivity index (χ1v) is 8.15. The van der Waals surface area contributed by atoms with Crippen LogP contribution in [0.15, 0.2) is 24.4 Å². The van der Waals surface area contributed by atoms with Gasteiger partial charge < -0.3 is 0 Å². The molecule has 0 bridgehead atoms. The molecular formula is C12H14BrNO2S. The number of aromatic nitrogens is 1. The first kappa shape index (κ1) is 12.8. The van der Waals surface area contributed by atoms with E-state index in [0.29, 0.717) is 0 Å². The number of allylic oxidation sites excluding steroid dienone is 1. The smallest absolute Gasteiger partial charge is 0.150 e. The standard InChI is InChI=1S/C12H14BrNO2S/c1-8(17(2,15)16)10-6-9-4-3-5-14-12(9)11(13)7-10/h3-5,7-8,10H,6H2,1-2H3. The van der Waals surface area contributed by atoms with Crippen molar-refractivity contribution in [1.29, 1.82) is 0 Å². The van der Waals surface area contributed by atoms with Gasteiger partial charge in [0.05, 0.1) is 10.9 Å². The zero-order valence-corrected chi connectivity index (χ0v) is 12.1. The van der Waals surface area contributed by atoms with E-state index < -0.39 is 9.84 Å². The highest BCUT2D eigenvalue weighted by Gasteiger charge is 2.28. The van der Waals surface area contributed by atoms with Crippen molar-refractivity contribution in [2.45, 2.75) is 18.6 Å². The highest BCUT2D eigenvalue weighted by Crippen LogP contribution is 2.34. The second-order valence-corrected chi connectivity index (χ2v) is 7.69. The van der Waals surface area contributed by atoms with Crippen molar-refractivity contribution < 1.29 is 8.42 Å². The highest BCUT2D eigenvalue weighted by molar-refractivity contribution is 9.15. The van der Waals surface area contributed by atoms with Gasteiger partial charge in [-0.25, -0.2) is 8.42 Å². The minimum atomic E-state index is -3.01. The Hall–Kier alpha value is -0.680. The van der Waals surface area contributed by atoms with Crippen LogP contribution in [0.3, 0.4) is 0 Å². The number of hydrogen-bond acceptors (Lipinski definition) is 3. The van der Waals surface area contributed by atoms with E-state index in [1.165, 1.54) is 6.26 Å². The first-order chi connectivity index (χ1) is 7.89. The molecular weight excluding hydrogens is 302 g/mol. The summed E-state index contributed by atoms with van der Waals surface area (Å²) in [6.45, 7) is 1.76. The largest absolute Gasteiger partial charge is 0.255 e. The van der Waals surface area contributed by atoms with Gasteiger partial charge in [0.1, 0.15) is 0 Å². The second-order valence-electron chi connectivity index (χ2n) is 4.43. The summed E-state index contributed by atoms with van der Waals surface area (Å²) < 4.78 is 24.1. The summed E-state index contributed by atoms with van der Waals surface area (Å²) in [5, 5.41) is -0.372. The number of sulfone groups is 1. The van der Waals surface area contributed by atoms with E-state index in [1.807, 2.05) is 18.2 Å². The van der Waals surface area contributed by atoms with Crippen LogP contribution >= 0.6 is 15.9 Å². The Kier molecular flexibility index (Phi) is 3.41. The summed E-state index contributed by atoms with van der Waals surface area (Å²) in [7, 11) is -3.01. The summed E-state index contributed by atoms with van der Waals surface area (Å²) in [6.07, 6.45) is 5.72. The summed E-state index contributed by atoms with van der Waals surface area (Å²) >= 11 is 3.47. The van der Waals surface area contributed by atoms with Crippen LogP contribution in [0.5, 0.6) is 0 Å². The normalized spacial score (nSPS) is 21.6. The zero-order chi connectivity index (χ0) is 12.6. The van der Waals surface area contributed by atoms with E-state index >= 15 is 0 Å². The SMILES string of the molecule is CC(C1C=C(Br)c2ncccc2C1)S(C)(=O)=O. The lowest BCUT2D eigenvalue weighted by Gasteiger charge is -2.25. The van der Waals surface area contributed by atoms with Gasteiger partial charge in [0, 0.05) is 16.9 Å². The fourth-order valence-electron chi connectivity index (χ4n) is 2.02. The number of hydrogen-bond donors (Lipinski definition) is 0. The molecule has 0 saturated carbocycles. The molecule has 3 nitrogen and oxygen atoms in total. The first-order valence-electron chi connectivity index (χ1n) is 5.40. The molecule has 1 heterocycles. The molecule has 2 rings (SSSR count). The molecule has 0 fully saturated rings. The van der Waals surface area contributed by atoms with Crippen LogP contribution < -0.4 is 0 Å². The monoisotopic (exact) mass is 315 g/mol. The minimum Gasteiger partial charge on any atom is -0.255 e. The molecule has 5 heteroatoms. The van der Waals surface area contributed by atoms with Crippen LogP contribution in [-0.2, 0) is 16.3 Å². The number of rotatable bonds is 2. The predicted molar refractivity (Wildman–Crippen MR) is 72.6 cm³/mol. The molecule has 1 aromatic rings. The maximum atomic E-state index is 11.6. The van der Waals surface area contributed by atoms with Gasteiger partial charge in [-0.05, 0) is 46.8 Å². The summed E-state index contributed by atoms with van der Waals surface area (Å²) in [5.74, 6) is 0.0103. The molecule has 92 valence electrons. The third-order valence-electron chi connectivity index (χ3n) is 3.21. The quantitative estimate of drug-likeness (QED) is 0.842. The zero-order valence-electron chi connectivity index (χ0n) is 9.72. The Bertz CT molecular complexity index is 566. The third kappa shape index (κ3) is 2.60. The van der Waals surface area contributed by atoms with Crippen LogP contribution in [0.1, 0.15) is 18.2 Å². The molecule has 0 spiro atoms. The van der Waals surface area contributed by atoms with Crippen molar-refractivity contribution >= 4 is 30.2 Å². The van der Waals surface area contributed by atoms with E-state index in [-0.39, 0.29) is 11.2 Å². The van der Waals surface area contributed by atoms with Gasteiger partial charge in [0.25, 0.3) is 0 Å². The maximum absolute atomic E-state index is 11.6. The Labute approximate surface area is 110 Å². The lowest BCUT2D eigenvalue weighted by Crippen LogP contribution is -2.28. The van der Waals surface area contributed by atoms with Gasteiger partial charge in [-0.2, -0.15) is 0 Å². The van der Waals surface area contributed by atoms with Gasteiger partial charge >= 0.3 is 0 Å². The fourth-order valence-corrected chi connectivity index (χ4v) is 3.52. The van der Waals surface area contributed by atoms with Crippen molar-refractivity contribution in [2.75, 3.05) is 6.26 Å². The van der Waals surface area contributed by atoms with Gasteiger partial charge in [-0.15, -0.1) is 0 Å². The van der Waals surface area contributed by atoms with Crippen LogP contribution in [0.25, 0.3) is 4.48 Å². The lowest BCUT2D eigenvalue weighted by atomic mass is 9.90. The van der Waals surface area contributed by atoms with Gasteiger partial charge in [-0.1, -0.05) is 12.1 Å². The van der Waals surface area contributed by atoms with Crippen LogP contribution in [0, 0.1) is 5.92 Å². The predicted octanol–water partition coefficient (Wildman–Crippen LogP) is 2.42. The van der Waals surface area contributed by atoms with E-state index in [0.717, 1.165) is 22.2 Å². The number of nitrogens with zero attached hydrogens (tertiary/aromatic N) is 1. The maximum Gasteiger partial charge on any atom is 0.150 e. The fraction of sp³-hybridized carbons (Fsp3) is 0.417. The molecule has 0 aromatic carbocycles. The lowest BCUT2D eigenvalue weighted by molar-refractivity contribution is 0.550. The third-order valence-corrected chi connectivity index (χ3v) is 5.55. The Morgan fingerprint density at radius 1 is 1.53 bits per heavy atom. The van der Waals surface area contributed by atoms with E-state index in [9.17, 15) is 8.42 Å². The molecule has 1 aliphatic rings. The van der Waals surface area contributed by atoms with Crippen molar-refractivity contribution in [3.63, 3.8) is 0 Å². The molecule has 0 N–H and O–H groups in total. The Morgan fingerprint density at radius 3 is 2.88 bits per heavy atom. The van der Waals surface area contributed by atoms with Crippen LogP contribution in [-0.4, -0.2) is 24.9 Å². The van der Waals surface area contributed by atoms with Crippen molar-refractivity contribution in [3.8, 4) is 0 Å². The van der Waals surface area contributed by atoms with Crippen molar-refractivity contribution in [1.82, 2.24) is 4.98 Å². The van der Waals surface area contributed by atoms with Gasteiger partial charge in [0.2, 0.25) is 0 Å². The molecule has 0 aliphatic heterocycles. The average Bonchev–Trinajstić information content (AvgIpc) is 2.27. The summed E-state index contributed by atoms with van der Waals surface area (Å²) in [5.41, 5.74) is 2.02. The van der Waals surface area contributed by atoms with E-state index in [2.05, 4.69) is 20.9 Å².